The van der Waals surface area contributed by atoms with E-state index in [1.54, 1.807) is 0 Å². The van der Waals surface area contributed by atoms with Gasteiger partial charge in [0.25, 0.3) is 10.0 Å². The molecule has 0 heterocycles. The third-order valence-electron chi connectivity index (χ3n) is 2.90. The maximum atomic E-state index is 12.8. The lowest BCUT2D eigenvalue weighted by Crippen LogP contribution is -2.20. The van der Waals surface area contributed by atoms with Crippen LogP contribution in [0.25, 0.3) is 0 Å². The summed E-state index contributed by atoms with van der Waals surface area (Å²) in [4.78, 5) is 21.6. The maximum Gasteiger partial charge on any atom is 0.261 e. The Morgan fingerprint density at radius 2 is 1.48 bits per heavy atom. The molecule has 2 aromatic carbocycles. The Morgan fingerprint density at radius 3 is 2.04 bits per heavy atom. The quantitative estimate of drug-likeness (QED) is 0.739. The Labute approximate surface area is 142 Å². The number of nitrogens with one attached hydrogen (secondary N) is 2. The number of hydrogen-bond acceptors (Lipinski definition) is 5. The molecule has 130 valence electrons. The predicted molar refractivity (Wildman–Crippen MR) is 86.4 cm³/mol. The number of aliphatic carboxylic acids is 1. The summed E-state index contributed by atoms with van der Waals surface area (Å²) in [6, 6.07) is 9.99. The van der Waals surface area contributed by atoms with Crippen LogP contribution in [-0.2, 0) is 19.6 Å². The number of anilines is 2. The number of carbonyl (C=O) groups excluding carboxylic acids is 2. The third-order valence-corrected chi connectivity index (χ3v) is 4.30. The van der Waals surface area contributed by atoms with Crippen LogP contribution in [0.2, 0.25) is 0 Å². The first-order valence-corrected chi connectivity index (χ1v) is 8.33. The molecule has 0 aliphatic heterocycles. The highest BCUT2D eigenvalue weighted by Crippen LogP contribution is 2.18. The summed E-state index contributed by atoms with van der Waals surface area (Å²) in [5.74, 6) is -2.71. The molecule has 0 aliphatic carbocycles. The summed E-state index contributed by atoms with van der Waals surface area (Å²) in [5.41, 5.74) is 0.472. The SMILES string of the molecule is O=C([O-])/C=C/C(=O)Nc1ccc(S(=O)(=O)Nc2ccc(F)cc2)cc1. The van der Waals surface area contributed by atoms with E-state index in [-0.39, 0.29) is 16.3 Å². The minimum absolute atomic E-state index is 0.0693. The van der Waals surface area contributed by atoms with Gasteiger partial charge in [0.05, 0.1) is 10.9 Å². The summed E-state index contributed by atoms with van der Waals surface area (Å²) in [7, 11) is -3.88. The smallest absolute Gasteiger partial charge is 0.261 e. The van der Waals surface area contributed by atoms with Crippen molar-refractivity contribution in [1.29, 1.82) is 0 Å². The van der Waals surface area contributed by atoms with Crippen molar-refractivity contribution in [3.8, 4) is 0 Å². The van der Waals surface area contributed by atoms with Gasteiger partial charge in [-0.3, -0.25) is 9.52 Å². The van der Waals surface area contributed by atoms with Crippen LogP contribution in [0.4, 0.5) is 15.8 Å². The average Bonchev–Trinajstić information content (AvgIpc) is 2.55. The van der Waals surface area contributed by atoms with Gasteiger partial charge in [-0.15, -0.1) is 0 Å². The van der Waals surface area contributed by atoms with Gasteiger partial charge < -0.3 is 15.2 Å². The van der Waals surface area contributed by atoms with Crippen LogP contribution in [0.5, 0.6) is 0 Å². The lowest BCUT2D eigenvalue weighted by molar-refractivity contribution is -0.297. The van der Waals surface area contributed by atoms with E-state index in [9.17, 15) is 27.5 Å². The molecule has 2 rings (SSSR count). The number of halogens is 1. The second kappa shape index (κ2) is 7.58. The van der Waals surface area contributed by atoms with Gasteiger partial charge in [0.2, 0.25) is 5.91 Å². The van der Waals surface area contributed by atoms with E-state index in [1.165, 1.54) is 36.4 Å². The fraction of sp³-hybridized carbons (Fsp3) is 0. The summed E-state index contributed by atoms with van der Waals surface area (Å²) >= 11 is 0. The highest BCUT2D eigenvalue weighted by Gasteiger charge is 2.14. The van der Waals surface area contributed by atoms with Gasteiger partial charge in [0.1, 0.15) is 5.82 Å². The molecule has 0 fully saturated rings. The van der Waals surface area contributed by atoms with Crippen molar-refractivity contribution in [3.63, 3.8) is 0 Å². The molecular formula is C16H12FN2O5S-. The van der Waals surface area contributed by atoms with Crippen molar-refractivity contribution in [2.75, 3.05) is 10.0 Å². The van der Waals surface area contributed by atoms with Crippen molar-refractivity contribution in [3.05, 3.63) is 66.5 Å². The molecule has 0 radical (unpaired) electrons. The molecule has 1 amide bonds. The Hall–Kier alpha value is -3.20. The molecule has 0 spiro atoms. The maximum absolute atomic E-state index is 12.8. The number of hydrogen-bond donors (Lipinski definition) is 2. The van der Waals surface area contributed by atoms with Crippen molar-refractivity contribution >= 4 is 33.3 Å². The normalized spacial score (nSPS) is 11.2. The minimum atomic E-state index is -3.88. The number of rotatable bonds is 6. The van der Waals surface area contributed by atoms with Crippen molar-refractivity contribution < 1.29 is 27.5 Å². The zero-order valence-electron chi connectivity index (χ0n) is 12.6. The van der Waals surface area contributed by atoms with E-state index in [1.807, 2.05) is 0 Å². The largest absolute Gasteiger partial charge is 0.545 e. The minimum Gasteiger partial charge on any atom is -0.545 e. The lowest BCUT2D eigenvalue weighted by atomic mass is 10.3. The van der Waals surface area contributed by atoms with Gasteiger partial charge in [-0.05, 0) is 54.6 Å². The summed E-state index contributed by atoms with van der Waals surface area (Å²) in [6.07, 6.45) is 1.34. The highest BCUT2D eigenvalue weighted by atomic mass is 32.2. The van der Waals surface area contributed by atoms with E-state index >= 15 is 0 Å². The molecule has 7 nitrogen and oxygen atoms in total. The Balaban J connectivity index is 2.09. The van der Waals surface area contributed by atoms with Crippen molar-refractivity contribution in [2.45, 2.75) is 4.90 Å². The number of sulfonamides is 1. The molecule has 0 aliphatic rings. The zero-order valence-corrected chi connectivity index (χ0v) is 13.4. The van der Waals surface area contributed by atoms with Crippen LogP contribution in [0.15, 0.2) is 65.6 Å². The first-order chi connectivity index (χ1) is 11.8. The lowest BCUT2D eigenvalue weighted by Gasteiger charge is -2.09. The summed E-state index contributed by atoms with van der Waals surface area (Å²) in [6.45, 7) is 0. The first kappa shape index (κ1) is 18.1. The van der Waals surface area contributed by atoms with E-state index in [2.05, 4.69) is 10.0 Å². The van der Waals surface area contributed by atoms with E-state index in [0.717, 1.165) is 18.2 Å². The molecule has 9 heteroatoms. The second-order valence-corrected chi connectivity index (χ2v) is 6.46. The van der Waals surface area contributed by atoms with E-state index < -0.39 is 27.7 Å². The van der Waals surface area contributed by atoms with Crippen LogP contribution >= 0.6 is 0 Å². The molecule has 25 heavy (non-hydrogen) atoms. The molecule has 0 aromatic heterocycles. The van der Waals surface area contributed by atoms with Gasteiger partial charge in [-0.2, -0.15) is 0 Å². The number of carbonyl (C=O) groups is 2. The fourth-order valence-corrected chi connectivity index (χ4v) is 2.84. The molecule has 0 saturated carbocycles. The highest BCUT2D eigenvalue weighted by molar-refractivity contribution is 7.92. The van der Waals surface area contributed by atoms with Crippen LogP contribution in [0.1, 0.15) is 0 Å². The summed E-state index contributed by atoms with van der Waals surface area (Å²) < 4.78 is 39.6. The Bertz CT molecular complexity index is 907. The van der Waals surface area contributed by atoms with Gasteiger partial charge in [-0.1, -0.05) is 0 Å². The first-order valence-electron chi connectivity index (χ1n) is 6.85. The standard InChI is InChI=1S/C16H13FN2O5S/c17-11-1-3-13(4-2-11)19-25(23,24)14-7-5-12(6-8-14)18-15(20)9-10-16(21)22/h1-10,19H,(H,18,20)(H,21,22)/p-1/b10-9+. The van der Waals surface area contributed by atoms with Gasteiger partial charge in [0, 0.05) is 17.5 Å². The predicted octanol–water partition coefficient (Wildman–Crippen LogP) is 0.871. The molecule has 2 aromatic rings. The van der Waals surface area contributed by atoms with Gasteiger partial charge in [0.15, 0.2) is 0 Å². The zero-order chi connectivity index (χ0) is 18.4. The number of benzene rings is 2. The fourth-order valence-electron chi connectivity index (χ4n) is 1.78. The molecule has 2 N–H and O–H groups in total. The Morgan fingerprint density at radius 1 is 0.920 bits per heavy atom. The second-order valence-electron chi connectivity index (χ2n) is 4.78. The van der Waals surface area contributed by atoms with E-state index in [0.29, 0.717) is 6.08 Å². The number of carboxylic acid groups (broad SMARTS) is 1. The monoisotopic (exact) mass is 363 g/mol. The van der Waals surface area contributed by atoms with Crippen LogP contribution in [-0.4, -0.2) is 20.3 Å². The van der Waals surface area contributed by atoms with Crippen LogP contribution < -0.4 is 15.1 Å². The third kappa shape index (κ3) is 5.43. The van der Waals surface area contributed by atoms with Crippen molar-refractivity contribution in [2.24, 2.45) is 0 Å². The average molecular weight is 363 g/mol. The molecule has 0 atom stereocenters. The number of carboxylic acids is 1. The molecule has 0 bridgehead atoms. The molecular weight excluding hydrogens is 351 g/mol. The van der Waals surface area contributed by atoms with Crippen LogP contribution in [0, 0.1) is 5.82 Å². The van der Waals surface area contributed by atoms with Gasteiger partial charge in [-0.25, -0.2) is 12.8 Å². The summed E-state index contributed by atoms with van der Waals surface area (Å²) in [5, 5.41) is 12.6. The molecule has 0 saturated heterocycles. The Kier molecular flexibility index (Phi) is 5.50. The molecule has 0 unspecified atom stereocenters. The van der Waals surface area contributed by atoms with E-state index in [4.69, 9.17) is 0 Å². The van der Waals surface area contributed by atoms with Gasteiger partial charge >= 0.3 is 0 Å². The van der Waals surface area contributed by atoms with Crippen molar-refractivity contribution in [1.82, 2.24) is 0 Å². The topological polar surface area (TPSA) is 115 Å². The van der Waals surface area contributed by atoms with Crippen LogP contribution in [0.3, 0.4) is 0 Å². The number of amides is 1.